The molecule has 0 aliphatic heterocycles. The Morgan fingerprint density at radius 3 is 2.27 bits per heavy atom. The van der Waals surface area contributed by atoms with E-state index < -0.39 is 35.4 Å². The summed E-state index contributed by atoms with van der Waals surface area (Å²) < 4.78 is 57.3. The molecule has 26 heavy (non-hydrogen) atoms. The molecule has 0 spiro atoms. The molecule has 1 unspecified atom stereocenters. The molecule has 0 saturated heterocycles. The monoisotopic (exact) mass is 410 g/mol. The Labute approximate surface area is 149 Å². The molecule has 0 aliphatic rings. The van der Waals surface area contributed by atoms with Crippen LogP contribution in [0.15, 0.2) is 36.4 Å². The molecule has 2 aromatic rings. The van der Waals surface area contributed by atoms with Gasteiger partial charge in [-0.3, -0.25) is 10.1 Å². The van der Waals surface area contributed by atoms with E-state index in [-0.39, 0.29) is 16.5 Å². The third-order valence-electron chi connectivity index (χ3n) is 2.95. The van der Waals surface area contributed by atoms with Gasteiger partial charge in [-0.2, -0.15) is 0 Å². The van der Waals surface area contributed by atoms with Gasteiger partial charge in [-0.1, -0.05) is 11.6 Å². The van der Waals surface area contributed by atoms with Crippen LogP contribution in [-0.4, -0.2) is 18.0 Å². The molecule has 1 atom stereocenters. The topological polar surface area (TPSA) is 102 Å². The molecule has 0 saturated carbocycles. The number of ether oxygens (including phenoxy) is 2. The number of hydrogen-bond acceptors (Lipinski definition) is 6. The van der Waals surface area contributed by atoms with Crippen LogP contribution in [-0.2, 0) is 4.57 Å². The summed E-state index contributed by atoms with van der Waals surface area (Å²) in [6.45, 7) is 0.815. The van der Waals surface area contributed by atoms with Gasteiger partial charge in [-0.15, -0.1) is 13.2 Å². The van der Waals surface area contributed by atoms with E-state index in [0.717, 1.165) is 43.1 Å². The summed E-state index contributed by atoms with van der Waals surface area (Å²) in [5.41, 5.74) is -0.627. The van der Waals surface area contributed by atoms with E-state index in [4.69, 9.17) is 16.3 Å². The number of rotatable bonds is 5. The number of alkyl halides is 3. The average Bonchev–Trinajstić information content (AvgIpc) is 2.47. The molecular formula is C14H9ClF3NO6P-. The van der Waals surface area contributed by atoms with Crippen LogP contribution < -0.4 is 19.7 Å². The van der Waals surface area contributed by atoms with E-state index in [0.29, 0.717) is 0 Å². The third-order valence-corrected chi connectivity index (χ3v) is 4.47. The number of benzene rings is 2. The van der Waals surface area contributed by atoms with Gasteiger partial charge < -0.3 is 18.9 Å². The minimum atomic E-state index is -4.89. The zero-order valence-electron chi connectivity index (χ0n) is 12.8. The van der Waals surface area contributed by atoms with Crippen LogP contribution in [0.25, 0.3) is 0 Å². The largest absolute Gasteiger partial charge is 0.796 e. The first kappa shape index (κ1) is 20.0. The van der Waals surface area contributed by atoms with Crippen LogP contribution in [0.1, 0.15) is 0 Å². The van der Waals surface area contributed by atoms with Gasteiger partial charge in [0.1, 0.15) is 17.2 Å². The second-order valence-corrected chi connectivity index (χ2v) is 7.58. The van der Waals surface area contributed by atoms with Crippen LogP contribution in [0.4, 0.5) is 18.9 Å². The maximum Gasteiger partial charge on any atom is 0.573 e. The first-order valence-electron chi connectivity index (χ1n) is 6.67. The first-order valence-corrected chi connectivity index (χ1v) is 9.12. The molecule has 7 nitrogen and oxygen atoms in total. The molecule has 0 amide bonds. The molecule has 2 aromatic carbocycles. The van der Waals surface area contributed by atoms with Crippen molar-refractivity contribution in [1.29, 1.82) is 0 Å². The molecule has 0 aliphatic carbocycles. The molecule has 0 radical (unpaired) electrons. The highest BCUT2D eigenvalue weighted by Gasteiger charge is 2.31. The fourth-order valence-electron chi connectivity index (χ4n) is 1.93. The SMILES string of the molecule is CP(=O)([O-])c1cc(Oc2ccc(OC(F)(F)F)cc2Cl)ccc1[N+](=O)[O-]. The Balaban J connectivity index is 2.34. The first-order chi connectivity index (χ1) is 11.9. The number of nitro groups is 1. The van der Waals surface area contributed by atoms with Crippen molar-refractivity contribution in [1.82, 2.24) is 0 Å². The molecule has 0 N–H and O–H groups in total. The number of nitro benzene ring substituents is 1. The zero-order valence-corrected chi connectivity index (χ0v) is 14.5. The van der Waals surface area contributed by atoms with Gasteiger partial charge in [0.05, 0.1) is 15.3 Å². The highest BCUT2D eigenvalue weighted by molar-refractivity contribution is 7.64. The highest BCUT2D eigenvalue weighted by Crippen LogP contribution is 2.38. The maximum atomic E-state index is 12.2. The van der Waals surface area contributed by atoms with Crippen molar-refractivity contribution >= 4 is 30.0 Å². The van der Waals surface area contributed by atoms with E-state index in [1.165, 1.54) is 0 Å². The standard InChI is InChI=1S/C14H10ClF3NO6P/c1-26(22,23)13-7-8(2-4-11(13)19(20)21)24-12-5-3-9(6-10(12)15)25-14(16,17)18/h2-7H,1H3,(H,22,23)/p-1. The quantitative estimate of drug-likeness (QED) is 0.422. The molecule has 140 valence electrons. The lowest BCUT2D eigenvalue weighted by Crippen LogP contribution is -2.17. The van der Waals surface area contributed by atoms with Crippen molar-refractivity contribution in [2.45, 2.75) is 6.36 Å². The fourth-order valence-corrected chi connectivity index (χ4v) is 3.08. The van der Waals surface area contributed by atoms with Gasteiger partial charge in [0, 0.05) is 19.5 Å². The lowest BCUT2D eigenvalue weighted by Gasteiger charge is -2.19. The van der Waals surface area contributed by atoms with E-state index in [1.807, 2.05) is 0 Å². The Morgan fingerprint density at radius 2 is 1.77 bits per heavy atom. The van der Waals surface area contributed by atoms with Gasteiger partial charge in [0.2, 0.25) is 0 Å². The lowest BCUT2D eigenvalue weighted by atomic mass is 10.3. The minimum Gasteiger partial charge on any atom is -0.796 e. The summed E-state index contributed by atoms with van der Waals surface area (Å²) >= 11 is 5.82. The van der Waals surface area contributed by atoms with Gasteiger partial charge in [-0.25, -0.2) is 0 Å². The Bertz CT molecular complexity index is 899. The Hall–Kier alpha value is -2.29. The number of nitrogens with zero attached hydrogens (tertiary/aromatic N) is 1. The van der Waals surface area contributed by atoms with Crippen LogP contribution in [0.2, 0.25) is 5.02 Å². The van der Waals surface area contributed by atoms with Gasteiger partial charge in [-0.05, 0) is 30.9 Å². The van der Waals surface area contributed by atoms with Crippen molar-refractivity contribution in [2.24, 2.45) is 0 Å². The second kappa shape index (κ2) is 7.14. The van der Waals surface area contributed by atoms with Crippen molar-refractivity contribution in [3.63, 3.8) is 0 Å². The summed E-state index contributed by atoms with van der Waals surface area (Å²) in [7, 11) is -4.23. The third kappa shape index (κ3) is 5.10. The molecular weight excluding hydrogens is 402 g/mol. The van der Waals surface area contributed by atoms with Crippen LogP contribution >= 0.6 is 19.0 Å². The van der Waals surface area contributed by atoms with Crippen molar-refractivity contribution in [3.05, 3.63) is 51.5 Å². The van der Waals surface area contributed by atoms with Crippen molar-refractivity contribution < 1.29 is 37.0 Å². The summed E-state index contributed by atoms with van der Waals surface area (Å²) in [6, 6.07) is 5.88. The van der Waals surface area contributed by atoms with E-state index >= 15 is 0 Å². The highest BCUT2D eigenvalue weighted by atomic mass is 35.5. The van der Waals surface area contributed by atoms with Gasteiger partial charge >= 0.3 is 6.36 Å². The van der Waals surface area contributed by atoms with Crippen molar-refractivity contribution in [3.8, 4) is 17.2 Å². The summed E-state index contributed by atoms with van der Waals surface area (Å²) in [4.78, 5) is 21.8. The number of halogens is 4. The maximum absolute atomic E-state index is 12.2. The molecule has 0 bridgehead atoms. The van der Waals surface area contributed by atoms with Crippen LogP contribution in [0.3, 0.4) is 0 Å². The fraction of sp³-hybridized carbons (Fsp3) is 0.143. The summed E-state index contributed by atoms with van der Waals surface area (Å²) in [5.74, 6) is -0.774. The Kier molecular flexibility index (Phi) is 5.50. The summed E-state index contributed by atoms with van der Waals surface area (Å²) in [5, 5.41) is 10.1. The Morgan fingerprint density at radius 1 is 1.15 bits per heavy atom. The van der Waals surface area contributed by atoms with Crippen LogP contribution in [0.5, 0.6) is 17.2 Å². The van der Waals surface area contributed by atoms with E-state index in [2.05, 4.69) is 4.74 Å². The predicted molar refractivity (Wildman–Crippen MR) is 84.5 cm³/mol. The summed E-state index contributed by atoms with van der Waals surface area (Å²) in [6.07, 6.45) is -4.89. The molecule has 0 fully saturated rings. The average molecular weight is 411 g/mol. The molecule has 0 heterocycles. The smallest absolute Gasteiger partial charge is 0.573 e. The molecule has 2 rings (SSSR count). The second-order valence-electron chi connectivity index (χ2n) is 5.00. The van der Waals surface area contributed by atoms with Gasteiger partial charge in [0.15, 0.2) is 0 Å². The lowest BCUT2D eigenvalue weighted by molar-refractivity contribution is -0.383. The van der Waals surface area contributed by atoms with E-state index in [9.17, 15) is 32.7 Å². The predicted octanol–water partition coefficient (Wildman–Crippen LogP) is 3.83. The van der Waals surface area contributed by atoms with Crippen molar-refractivity contribution in [2.75, 3.05) is 6.66 Å². The van der Waals surface area contributed by atoms with Gasteiger partial charge in [0.25, 0.3) is 5.69 Å². The normalized spacial score (nSPS) is 13.8. The molecule has 0 aromatic heterocycles. The van der Waals surface area contributed by atoms with E-state index in [1.54, 1.807) is 0 Å². The molecule has 12 heteroatoms. The van der Waals surface area contributed by atoms with Crippen LogP contribution in [0, 0.1) is 10.1 Å². The zero-order chi connectivity index (χ0) is 19.7. The number of hydrogen-bond donors (Lipinski definition) is 0. The minimum absolute atomic E-state index is 0.0992.